The first-order chi connectivity index (χ1) is 14.1. The second-order valence-electron chi connectivity index (χ2n) is 6.52. The summed E-state index contributed by atoms with van der Waals surface area (Å²) in [6.07, 6.45) is 1.44. The molecule has 4 aromatic rings. The lowest BCUT2D eigenvalue weighted by Gasteiger charge is -2.17. The van der Waals surface area contributed by atoms with E-state index in [4.69, 9.17) is 4.74 Å². The van der Waals surface area contributed by atoms with Crippen LogP contribution in [-0.4, -0.2) is 22.6 Å². The molecule has 3 aromatic heterocycles. The van der Waals surface area contributed by atoms with Crippen molar-refractivity contribution in [2.24, 2.45) is 0 Å². The summed E-state index contributed by atoms with van der Waals surface area (Å²) in [7, 11) is 1.60. The van der Waals surface area contributed by atoms with Gasteiger partial charge in [-0.3, -0.25) is 14.2 Å². The molecular formula is C21H19N3O3S2. The number of amides is 1. The Morgan fingerprint density at radius 3 is 2.83 bits per heavy atom. The van der Waals surface area contributed by atoms with Gasteiger partial charge in [-0.1, -0.05) is 24.3 Å². The highest BCUT2D eigenvalue weighted by molar-refractivity contribution is 7.18. The molecule has 1 amide bonds. The Kier molecular flexibility index (Phi) is 5.46. The zero-order valence-corrected chi connectivity index (χ0v) is 17.5. The van der Waals surface area contributed by atoms with Crippen LogP contribution in [0.15, 0.2) is 58.3 Å². The van der Waals surface area contributed by atoms with Gasteiger partial charge in [0, 0.05) is 21.4 Å². The lowest BCUT2D eigenvalue weighted by molar-refractivity contribution is -0.122. The zero-order valence-electron chi connectivity index (χ0n) is 15.9. The number of nitrogens with zero attached hydrogens (tertiary/aromatic N) is 2. The minimum absolute atomic E-state index is 0.0962. The number of nitrogens with one attached hydrogen (secondary N) is 1. The smallest absolute Gasteiger partial charge is 0.263 e. The van der Waals surface area contributed by atoms with Gasteiger partial charge < -0.3 is 10.1 Å². The number of hydrogen-bond acceptors (Lipinski definition) is 6. The monoisotopic (exact) mass is 425 g/mol. The molecule has 148 valence electrons. The van der Waals surface area contributed by atoms with Crippen LogP contribution in [-0.2, 0) is 11.3 Å². The normalized spacial score (nSPS) is 12.1. The predicted molar refractivity (Wildman–Crippen MR) is 117 cm³/mol. The molecule has 0 aliphatic carbocycles. The Hall–Kier alpha value is -2.97. The van der Waals surface area contributed by atoms with E-state index in [0.29, 0.717) is 16.0 Å². The average molecular weight is 426 g/mol. The van der Waals surface area contributed by atoms with Crippen molar-refractivity contribution in [2.75, 3.05) is 7.11 Å². The standard InChI is InChI=1S/C21H19N3O3S2/c1-13(14-6-3-4-7-16(14)27-2)23-18(25)10-24-12-22-20-19(21(24)26)15(11-29-20)17-8-5-9-28-17/h3-9,11-13H,10H2,1-2H3,(H,23,25). The first-order valence-corrected chi connectivity index (χ1v) is 10.8. The molecule has 0 aliphatic rings. The SMILES string of the molecule is COc1ccccc1C(C)NC(=O)Cn1cnc2scc(-c3cccs3)c2c1=O. The quantitative estimate of drug-likeness (QED) is 0.505. The Bertz CT molecular complexity index is 1210. The summed E-state index contributed by atoms with van der Waals surface area (Å²) in [5, 5.41) is 7.41. The van der Waals surface area contributed by atoms with Gasteiger partial charge in [0.25, 0.3) is 5.56 Å². The number of thiophene rings is 2. The average Bonchev–Trinajstić information content (AvgIpc) is 3.39. The third-order valence-corrected chi connectivity index (χ3v) is 6.43. The Morgan fingerprint density at radius 2 is 2.07 bits per heavy atom. The molecule has 1 N–H and O–H groups in total. The van der Waals surface area contributed by atoms with Crippen LogP contribution in [0.25, 0.3) is 20.7 Å². The van der Waals surface area contributed by atoms with Crippen molar-refractivity contribution in [3.05, 3.63) is 69.4 Å². The number of carbonyl (C=O) groups excluding carboxylic acids is 1. The van der Waals surface area contributed by atoms with Crippen molar-refractivity contribution in [3.8, 4) is 16.2 Å². The number of fused-ring (bicyclic) bond motifs is 1. The van der Waals surface area contributed by atoms with E-state index in [1.165, 1.54) is 22.2 Å². The van der Waals surface area contributed by atoms with Crippen molar-refractivity contribution in [1.82, 2.24) is 14.9 Å². The summed E-state index contributed by atoms with van der Waals surface area (Å²) < 4.78 is 6.72. The molecule has 8 heteroatoms. The zero-order chi connectivity index (χ0) is 20.4. The highest BCUT2D eigenvalue weighted by Crippen LogP contribution is 2.33. The Balaban J connectivity index is 1.58. The summed E-state index contributed by atoms with van der Waals surface area (Å²) in [6.45, 7) is 1.79. The second-order valence-corrected chi connectivity index (χ2v) is 8.32. The van der Waals surface area contributed by atoms with Crippen LogP contribution in [0.3, 0.4) is 0 Å². The lowest BCUT2D eigenvalue weighted by Crippen LogP contribution is -2.34. The predicted octanol–water partition coefficient (Wildman–Crippen LogP) is 4.07. The third-order valence-electron chi connectivity index (χ3n) is 4.64. The highest BCUT2D eigenvalue weighted by Gasteiger charge is 2.17. The molecule has 1 aromatic carbocycles. The van der Waals surface area contributed by atoms with E-state index in [9.17, 15) is 9.59 Å². The van der Waals surface area contributed by atoms with Gasteiger partial charge in [-0.2, -0.15) is 0 Å². The molecule has 0 fully saturated rings. The fourth-order valence-electron chi connectivity index (χ4n) is 3.24. The first-order valence-electron chi connectivity index (χ1n) is 9.01. The number of benzene rings is 1. The lowest BCUT2D eigenvalue weighted by atomic mass is 10.1. The van der Waals surface area contributed by atoms with Gasteiger partial charge in [-0.25, -0.2) is 4.98 Å². The van der Waals surface area contributed by atoms with Crippen LogP contribution in [0.2, 0.25) is 0 Å². The molecule has 0 aliphatic heterocycles. The van der Waals surface area contributed by atoms with Gasteiger partial charge in [-0.15, -0.1) is 22.7 Å². The molecular weight excluding hydrogens is 406 g/mol. The molecule has 4 rings (SSSR count). The molecule has 0 spiro atoms. The van der Waals surface area contributed by atoms with E-state index in [1.54, 1.807) is 18.4 Å². The maximum atomic E-state index is 13.0. The van der Waals surface area contributed by atoms with Crippen LogP contribution in [0.4, 0.5) is 0 Å². The summed E-state index contributed by atoms with van der Waals surface area (Å²) in [6, 6.07) is 11.2. The van der Waals surface area contributed by atoms with E-state index >= 15 is 0 Å². The molecule has 0 saturated carbocycles. The summed E-state index contributed by atoms with van der Waals surface area (Å²) in [5.41, 5.74) is 1.54. The number of carbonyl (C=O) groups is 1. The minimum Gasteiger partial charge on any atom is -0.496 e. The fraction of sp³-hybridized carbons (Fsp3) is 0.190. The Morgan fingerprint density at radius 1 is 1.24 bits per heavy atom. The molecule has 0 saturated heterocycles. The van der Waals surface area contributed by atoms with Crippen molar-refractivity contribution < 1.29 is 9.53 Å². The van der Waals surface area contributed by atoms with E-state index in [0.717, 1.165) is 16.0 Å². The number of aromatic nitrogens is 2. The van der Waals surface area contributed by atoms with Gasteiger partial charge in [0.05, 0.1) is 24.9 Å². The van der Waals surface area contributed by atoms with E-state index < -0.39 is 0 Å². The van der Waals surface area contributed by atoms with Gasteiger partial charge in [0.15, 0.2) is 0 Å². The van der Waals surface area contributed by atoms with Crippen LogP contribution >= 0.6 is 22.7 Å². The van der Waals surface area contributed by atoms with Gasteiger partial charge >= 0.3 is 0 Å². The number of rotatable bonds is 6. The van der Waals surface area contributed by atoms with Crippen molar-refractivity contribution in [3.63, 3.8) is 0 Å². The summed E-state index contributed by atoms with van der Waals surface area (Å²) >= 11 is 3.01. The van der Waals surface area contributed by atoms with E-state index in [2.05, 4.69) is 10.3 Å². The van der Waals surface area contributed by atoms with Crippen molar-refractivity contribution in [2.45, 2.75) is 19.5 Å². The van der Waals surface area contributed by atoms with Crippen LogP contribution in [0, 0.1) is 0 Å². The van der Waals surface area contributed by atoms with Gasteiger partial charge in [-0.05, 0) is 24.4 Å². The van der Waals surface area contributed by atoms with E-state index in [1.807, 2.05) is 54.1 Å². The number of para-hydroxylation sites is 1. The second kappa shape index (κ2) is 8.18. The molecule has 3 heterocycles. The minimum atomic E-state index is -0.264. The molecule has 29 heavy (non-hydrogen) atoms. The maximum absolute atomic E-state index is 13.0. The molecule has 1 atom stereocenters. The first kappa shape index (κ1) is 19.4. The van der Waals surface area contributed by atoms with Crippen molar-refractivity contribution in [1.29, 1.82) is 0 Å². The number of hydrogen-bond donors (Lipinski definition) is 1. The molecule has 1 unspecified atom stereocenters. The number of ether oxygens (including phenoxy) is 1. The van der Waals surface area contributed by atoms with Crippen molar-refractivity contribution >= 4 is 38.8 Å². The maximum Gasteiger partial charge on any atom is 0.263 e. The topological polar surface area (TPSA) is 73.2 Å². The largest absolute Gasteiger partial charge is 0.496 e. The highest BCUT2D eigenvalue weighted by atomic mass is 32.1. The van der Waals surface area contributed by atoms with Gasteiger partial charge in [0.1, 0.15) is 17.1 Å². The number of methoxy groups -OCH3 is 1. The molecule has 0 radical (unpaired) electrons. The Labute approximate surface area is 175 Å². The molecule has 0 bridgehead atoms. The van der Waals surface area contributed by atoms with Gasteiger partial charge in [0.2, 0.25) is 5.91 Å². The van der Waals surface area contributed by atoms with Crippen LogP contribution in [0.5, 0.6) is 5.75 Å². The summed E-state index contributed by atoms with van der Waals surface area (Å²) in [5.74, 6) is 0.443. The molecule has 6 nitrogen and oxygen atoms in total. The van der Waals surface area contributed by atoms with E-state index in [-0.39, 0.29) is 24.1 Å². The van der Waals surface area contributed by atoms with Crippen LogP contribution < -0.4 is 15.6 Å². The van der Waals surface area contributed by atoms with Crippen LogP contribution in [0.1, 0.15) is 18.5 Å². The third kappa shape index (κ3) is 3.81. The summed E-state index contributed by atoms with van der Waals surface area (Å²) in [4.78, 5) is 31.7. The fourth-order valence-corrected chi connectivity index (χ4v) is 4.96.